The van der Waals surface area contributed by atoms with E-state index < -0.39 is 10.0 Å². The van der Waals surface area contributed by atoms with Crippen molar-refractivity contribution in [1.29, 1.82) is 0 Å². The lowest BCUT2D eigenvalue weighted by Crippen LogP contribution is -2.30. The number of rotatable bonds is 8. The molecule has 7 heteroatoms. The second-order valence-electron chi connectivity index (χ2n) is 4.99. The van der Waals surface area contributed by atoms with E-state index in [2.05, 4.69) is 4.72 Å². The lowest BCUT2D eigenvalue weighted by molar-refractivity contribution is 0.173. The fourth-order valence-corrected chi connectivity index (χ4v) is 4.38. The molecule has 0 amide bonds. The molecule has 1 saturated carbocycles. The number of hydrogen-bond acceptors (Lipinski definition) is 5. The topological polar surface area (TPSA) is 81.4 Å². The zero-order chi connectivity index (χ0) is 13.9. The summed E-state index contributed by atoms with van der Waals surface area (Å²) in [5.74, 6) is 0. The molecule has 1 heterocycles. The number of nitrogens with one attached hydrogen (secondary N) is 1. The van der Waals surface area contributed by atoms with Crippen molar-refractivity contribution >= 4 is 21.4 Å². The van der Waals surface area contributed by atoms with Gasteiger partial charge in [0.15, 0.2) is 0 Å². The maximum Gasteiger partial charge on any atom is 0.250 e. The number of hydrogen-bond donors (Lipinski definition) is 2. The fourth-order valence-electron chi connectivity index (χ4n) is 1.94. The third-order valence-electron chi connectivity index (χ3n) is 3.53. The summed E-state index contributed by atoms with van der Waals surface area (Å²) in [5.41, 5.74) is 5.60. The van der Waals surface area contributed by atoms with E-state index in [4.69, 9.17) is 10.5 Å². The smallest absolute Gasteiger partial charge is 0.250 e. The summed E-state index contributed by atoms with van der Waals surface area (Å²) in [6.45, 7) is 1.55. The first kappa shape index (κ1) is 14.9. The Bertz CT molecular complexity index is 521. The van der Waals surface area contributed by atoms with Crippen LogP contribution in [0.1, 0.15) is 24.1 Å². The second-order valence-corrected chi connectivity index (χ2v) is 8.15. The van der Waals surface area contributed by atoms with Gasteiger partial charge in [0.05, 0.1) is 0 Å². The molecule has 1 aliphatic rings. The van der Waals surface area contributed by atoms with Crippen LogP contribution in [0.3, 0.4) is 0 Å². The molecular weight excluding hydrogens is 284 g/mol. The van der Waals surface area contributed by atoms with Crippen LogP contribution in [-0.4, -0.2) is 28.7 Å². The summed E-state index contributed by atoms with van der Waals surface area (Å²) >= 11 is 1.23. The maximum absolute atomic E-state index is 12.1. The van der Waals surface area contributed by atoms with Crippen molar-refractivity contribution in [2.24, 2.45) is 11.1 Å². The first-order chi connectivity index (χ1) is 9.01. The van der Waals surface area contributed by atoms with E-state index >= 15 is 0 Å². The van der Waals surface area contributed by atoms with Gasteiger partial charge >= 0.3 is 0 Å². The van der Waals surface area contributed by atoms with Gasteiger partial charge in [0.25, 0.3) is 0 Å². The van der Waals surface area contributed by atoms with Gasteiger partial charge in [-0.3, -0.25) is 0 Å². The lowest BCUT2D eigenvalue weighted by Gasteiger charge is -2.15. The van der Waals surface area contributed by atoms with Crippen molar-refractivity contribution in [1.82, 2.24) is 4.72 Å². The number of methoxy groups -OCH3 is 1. The summed E-state index contributed by atoms with van der Waals surface area (Å²) < 4.78 is 32.4. The van der Waals surface area contributed by atoms with E-state index in [-0.39, 0.29) is 5.41 Å². The zero-order valence-corrected chi connectivity index (χ0v) is 12.6. The minimum Gasteiger partial charge on any atom is -0.385 e. The predicted molar refractivity (Wildman–Crippen MR) is 75.6 cm³/mol. The molecule has 2 rings (SSSR count). The van der Waals surface area contributed by atoms with Crippen LogP contribution in [-0.2, 0) is 21.3 Å². The quantitative estimate of drug-likeness (QED) is 0.758. The Morgan fingerprint density at radius 2 is 2.21 bits per heavy atom. The SMILES string of the molecule is COCCC1(CNS(=O)(=O)c2ccc(CN)s2)CC1. The summed E-state index contributed by atoms with van der Waals surface area (Å²) in [4.78, 5) is 0.876. The van der Waals surface area contributed by atoms with Crippen molar-refractivity contribution in [3.8, 4) is 0 Å². The van der Waals surface area contributed by atoms with Crippen LogP contribution in [0.5, 0.6) is 0 Å². The molecule has 0 unspecified atom stereocenters. The number of ether oxygens (including phenoxy) is 1. The highest BCUT2D eigenvalue weighted by molar-refractivity contribution is 7.91. The van der Waals surface area contributed by atoms with Crippen LogP contribution >= 0.6 is 11.3 Å². The van der Waals surface area contributed by atoms with Gasteiger partial charge in [-0.2, -0.15) is 0 Å². The highest BCUT2D eigenvalue weighted by atomic mass is 32.2. The van der Waals surface area contributed by atoms with Crippen molar-refractivity contribution in [3.05, 3.63) is 17.0 Å². The maximum atomic E-state index is 12.1. The van der Waals surface area contributed by atoms with Gasteiger partial charge in [-0.15, -0.1) is 11.3 Å². The average molecular weight is 304 g/mol. The number of thiophene rings is 1. The van der Waals surface area contributed by atoms with Gasteiger partial charge < -0.3 is 10.5 Å². The summed E-state index contributed by atoms with van der Waals surface area (Å²) in [6, 6.07) is 3.38. The van der Waals surface area contributed by atoms with E-state index in [0.29, 0.717) is 23.9 Å². The lowest BCUT2D eigenvalue weighted by atomic mass is 10.0. The van der Waals surface area contributed by atoms with Crippen molar-refractivity contribution in [3.63, 3.8) is 0 Å². The number of nitrogens with two attached hydrogens (primary N) is 1. The molecule has 1 aromatic rings. The standard InChI is InChI=1S/C12H20N2O3S2/c1-17-7-6-12(4-5-12)9-14-19(15,16)11-3-2-10(8-13)18-11/h2-3,14H,4-9,13H2,1H3. The van der Waals surface area contributed by atoms with Crippen molar-refractivity contribution < 1.29 is 13.2 Å². The molecule has 19 heavy (non-hydrogen) atoms. The Labute approximate surface area is 118 Å². The molecule has 0 spiro atoms. The van der Waals surface area contributed by atoms with Gasteiger partial charge in [-0.1, -0.05) is 0 Å². The average Bonchev–Trinajstić information content (AvgIpc) is 2.99. The Hall–Kier alpha value is -0.470. The highest BCUT2D eigenvalue weighted by Crippen LogP contribution is 2.48. The second kappa shape index (κ2) is 5.88. The van der Waals surface area contributed by atoms with Crippen LogP contribution in [0.4, 0.5) is 0 Å². The first-order valence-electron chi connectivity index (χ1n) is 6.29. The Morgan fingerprint density at radius 3 is 2.74 bits per heavy atom. The zero-order valence-electron chi connectivity index (χ0n) is 11.0. The van der Waals surface area contributed by atoms with Crippen molar-refractivity contribution in [2.75, 3.05) is 20.3 Å². The monoisotopic (exact) mass is 304 g/mol. The Morgan fingerprint density at radius 1 is 1.47 bits per heavy atom. The molecule has 3 N–H and O–H groups in total. The third kappa shape index (κ3) is 3.76. The molecule has 5 nitrogen and oxygen atoms in total. The van der Waals surface area contributed by atoms with Crippen LogP contribution in [0.15, 0.2) is 16.3 Å². The first-order valence-corrected chi connectivity index (χ1v) is 8.59. The molecule has 0 radical (unpaired) electrons. The van der Waals surface area contributed by atoms with Gasteiger partial charge in [0.1, 0.15) is 4.21 Å². The molecule has 0 atom stereocenters. The van der Waals surface area contributed by atoms with E-state index in [0.717, 1.165) is 24.1 Å². The van der Waals surface area contributed by atoms with Crippen LogP contribution < -0.4 is 10.5 Å². The summed E-state index contributed by atoms with van der Waals surface area (Å²) in [7, 11) is -1.73. The summed E-state index contributed by atoms with van der Waals surface area (Å²) in [5, 5.41) is 0. The molecule has 1 fully saturated rings. The summed E-state index contributed by atoms with van der Waals surface area (Å²) in [6.07, 6.45) is 3.04. The van der Waals surface area contributed by atoms with E-state index in [9.17, 15) is 8.42 Å². The molecule has 0 bridgehead atoms. The fraction of sp³-hybridized carbons (Fsp3) is 0.667. The van der Waals surface area contributed by atoms with Crippen LogP contribution in [0, 0.1) is 5.41 Å². The van der Waals surface area contributed by atoms with Gasteiger partial charge in [-0.05, 0) is 36.8 Å². The van der Waals surface area contributed by atoms with Crippen molar-refractivity contribution in [2.45, 2.75) is 30.0 Å². The minimum absolute atomic E-state index is 0.108. The van der Waals surface area contributed by atoms with E-state index in [1.54, 1.807) is 19.2 Å². The predicted octanol–water partition coefficient (Wildman–Crippen LogP) is 1.30. The molecular formula is C12H20N2O3S2. The minimum atomic E-state index is -3.40. The number of sulfonamides is 1. The van der Waals surface area contributed by atoms with Gasteiger partial charge in [-0.25, -0.2) is 13.1 Å². The molecule has 1 aromatic heterocycles. The van der Waals surface area contributed by atoms with E-state index in [1.807, 2.05) is 0 Å². The van der Waals surface area contributed by atoms with E-state index in [1.165, 1.54) is 11.3 Å². The Kier molecular flexibility index (Phi) is 4.62. The van der Waals surface area contributed by atoms with Crippen LogP contribution in [0.25, 0.3) is 0 Å². The molecule has 108 valence electrons. The largest absolute Gasteiger partial charge is 0.385 e. The highest BCUT2D eigenvalue weighted by Gasteiger charge is 2.42. The normalized spacial score (nSPS) is 17.6. The third-order valence-corrected chi connectivity index (χ3v) is 6.53. The van der Waals surface area contributed by atoms with Gasteiger partial charge in [0, 0.05) is 31.7 Å². The molecule has 0 aromatic carbocycles. The molecule has 0 saturated heterocycles. The van der Waals surface area contributed by atoms with Gasteiger partial charge in [0.2, 0.25) is 10.0 Å². The van der Waals surface area contributed by atoms with Crippen LogP contribution in [0.2, 0.25) is 0 Å². The molecule has 0 aliphatic heterocycles. The Balaban J connectivity index is 1.94. The molecule has 1 aliphatic carbocycles.